The lowest BCUT2D eigenvalue weighted by Crippen LogP contribution is -2.49. The molecule has 23 heavy (non-hydrogen) atoms. The van der Waals surface area contributed by atoms with Crippen LogP contribution in [0.3, 0.4) is 0 Å². The Morgan fingerprint density at radius 1 is 1.22 bits per heavy atom. The van der Waals surface area contributed by atoms with Crippen LogP contribution in [0.4, 0.5) is 0 Å². The second kappa shape index (κ2) is 8.30. The van der Waals surface area contributed by atoms with Crippen LogP contribution in [0.25, 0.3) is 0 Å². The maximum absolute atomic E-state index is 8.89. The quantitative estimate of drug-likeness (QED) is 0.800. The van der Waals surface area contributed by atoms with Gasteiger partial charge in [0.05, 0.1) is 17.7 Å². The number of piperazine rings is 1. The molecule has 1 atom stereocenters. The molecule has 0 aromatic heterocycles. The van der Waals surface area contributed by atoms with Gasteiger partial charge >= 0.3 is 0 Å². The van der Waals surface area contributed by atoms with E-state index in [1.165, 1.54) is 12.8 Å². The van der Waals surface area contributed by atoms with E-state index in [1.807, 2.05) is 12.1 Å². The highest BCUT2D eigenvalue weighted by Gasteiger charge is 2.22. The molecule has 0 saturated carbocycles. The predicted molar refractivity (Wildman–Crippen MR) is 88.5 cm³/mol. The van der Waals surface area contributed by atoms with Gasteiger partial charge in [-0.25, -0.2) is 0 Å². The first-order valence-electron chi connectivity index (χ1n) is 8.53. The van der Waals surface area contributed by atoms with Crippen molar-refractivity contribution in [1.82, 2.24) is 9.80 Å². The maximum atomic E-state index is 8.89. The first kappa shape index (κ1) is 16.3. The molecule has 1 aromatic rings. The Morgan fingerprint density at radius 2 is 2.04 bits per heavy atom. The lowest BCUT2D eigenvalue weighted by Gasteiger charge is -2.35. The number of nitriles is 1. The van der Waals surface area contributed by atoms with Crippen LogP contribution in [0, 0.1) is 11.3 Å². The van der Waals surface area contributed by atoms with Crippen LogP contribution in [-0.2, 0) is 4.74 Å². The van der Waals surface area contributed by atoms with Crippen LogP contribution in [-0.4, -0.2) is 68.4 Å². The highest BCUT2D eigenvalue weighted by Crippen LogP contribution is 2.15. The van der Waals surface area contributed by atoms with Gasteiger partial charge in [-0.2, -0.15) is 5.26 Å². The minimum Gasteiger partial charge on any atom is -0.492 e. The van der Waals surface area contributed by atoms with Crippen LogP contribution in [0.15, 0.2) is 24.3 Å². The van der Waals surface area contributed by atoms with Crippen LogP contribution >= 0.6 is 0 Å². The molecule has 0 spiro atoms. The third-order valence-corrected chi connectivity index (χ3v) is 4.59. The molecule has 5 nitrogen and oxygen atoms in total. The lowest BCUT2D eigenvalue weighted by atomic mass is 10.2. The lowest BCUT2D eigenvalue weighted by molar-refractivity contribution is 0.0478. The summed E-state index contributed by atoms with van der Waals surface area (Å²) in [5.41, 5.74) is 0.644. The summed E-state index contributed by atoms with van der Waals surface area (Å²) in [4.78, 5) is 4.96. The molecule has 0 bridgehead atoms. The number of ether oxygens (including phenoxy) is 2. The van der Waals surface area contributed by atoms with Gasteiger partial charge in [-0.1, -0.05) is 6.07 Å². The van der Waals surface area contributed by atoms with E-state index >= 15 is 0 Å². The summed E-state index contributed by atoms with van der Waals surface area (Å²) in [6.07, 6.45) is 2.89. The number of nitrogens with zero attached hydrogens (tertiary/aromatic N) is 3. The number of hydrogen-bond donors (Lipinski definition) is 0. The second-order valence-corrected chi connectivity index (χ2v) is 6.27. The molecule has 0 amide bonds. The Kier molecular flexibility index (Phi) is 5.87. The first-order chi connectivity index (χ1) is 11.3. The molecule has 3 rings (SSSR count). The molecule has 0 unspecified atom stereocenters. The van der Waals surface area contributed by atoms with Crippen molar-refractivity contribution in [3.63, 3.8) is 0 Å². The Bertz CT molecular complexity index is 529. The van der Waals surface area contributed by atoms with Gasteiger partial charge in [-0.15, -0.1) is 0 Å². The second-order valence-electron chi connectivity index (χ2n) is 6.27. The van der Waals surface area contributed by atoms with Gasteiger partial charge in [-0.3, -0.25) is 9.80 Å². The highest BCUT2D eigenvalue weighted by atomic mass is 16.5. The van der Waals surface area contributed by atoms with Crippen molar-refractivity contribution in [2.75, 3.05) is 52.5 Å². The van der Waals surface area contributed by atoms with Crippen molar-refractivity contribution >= 4 is 0 Å². The highest BCUT2D eigenvalue weighted by molar-refractivity contribution is 5.36. The fraction of sp³-hybridized carbons (Fsp3) is 0.611. The van der Waals surface area contributed by atoms with E-state index in [0.29, 0.717) is 18.3 Å². The normalized spacial score (nSPS) is 22.8. The fourth-order valence-electron chi connectivity index (χ4n) is 3.22. The van der Waals surface area contributed by atoms with Gasteiger partial charge in [-0.05, 0) is 31.0 Å². The van der Waals surface area contributed by atoms with E-state index in [4.69, 9.17) is 14.7 Å². The Balaban J connectivity index is 1.33. The summed E-state index contributed by atoms with van der Waals surface area (Å²) < 4.78 is 11.5. The van der Waals surface area contributed by atoms with E-state index in [0.717, 1.165) is 51.6 Å². The number of hydrogen-bond acceptors (Lipinski definition) is 5. The van der Waals surface area contributed by atoms with Gasteiger partial charge in [0, 0.05) is 45.9 Å². The van der Waals surface area contributed by atoms with Crippen molar-refractivity contribution in [3.8, 4) is 11.8 Å². The van der Waals surface area contributed by atoms with E-state index in [2.05, 4.69) is 15.9 Å². The SMILES string of the molecule is N#Cc1cccc(OCCN2CCN(C[C@H]3CCCO3)CC2)c1. The molecule has 2 fully saturated rings. The minimum atomic E-state index is 0.456. The third kappa shape index (κ3) is 4.93. The molecule has 5 heteroatoms. The molecule has 2 aliphatic rings. The molecule has 0 N–H and O–H groups in total. The first-order valence-corrected chi connectivity index (χ1v) is 8.53. The molecule has 0 radical (unpaired) electrons. The summed E-state index contributed by atoms with van der Waals surface area (Å²) in [5, 5.41) is 8.89. The molecule has 1 aromatic carbocycles. The van der Waals surface area contributed by atoms with Gasteiger partial charge in [0.2, 0.25) is 0 Å². The van der Waals surface area contributed by atoms with Gasteiger partial charge in [0.1, 0.15) is 12.4 Å². The van der Waals surface area contributed by atoms with E-state index in [-0.39, 0.29) is 0 Å². The Labute approximate surface area is 138 Å². The van der Waals surface area contributed by atoms with E-state index < -0.39 is 0 Å². The summed E-state index contributed by atoms with van der Waals surface area (Å²) in [7, 11) is 0. The van der Waals surface area contributed by atoms with E-state index in [9.17, 15) is 0 Å². The standard InChI is InChI=1S/C18H25N3O2/c19-14-16-3-1-4-17(13-16)23-12-10-20-6-8-21(9-7-20)15-18-5-2-11-22-18/h1,3-4,13,18H,2,5-12,15H2/t18-/m1/s1. The third-order valence-electron chi connectivity index (χ3n) is 4.59. The fourth-order valence-corrected chi connectivity index (χ4v) is 3.22. The van der Waals surface area contributed by atoms with Crippen molar-refractivity contribution < 1.29 is 9.47 Å². The molecule has 2 saturated heterocycles. The maximum Gasteiger partial charge on any atom is 0.120 e. The topological polar surface area (TPSA) is 48.7 Å². The van der Waals surface area contributed by atoms with Crippen molar-refractivity contribution in [3.05, 3.63) is 29.8 Å². The largest absolute Gasteiger partial charge is 0.492 e. The summed E-state index contributed by atoms with van der Waals surface area (Å²) in [6, 6.07) is 9.48. The van der Waals surface area contributed by atoms with Crippen LogP contribution in [0.2, 0.25) is 0 Å². The molecular formula is C18H25N3O2. The molecular weight excluding hydrogens is 290 g/mol. The summed E-state index contributed by atoms with van der Waals surface area (Å²) >= 11 is 0. The van der Waals surface area contributed by atoms with Gasteiger partial charge in [0.25, 0.3) is 0 Å². The van der Waals surface area contributed by atoms with Crippen LogP contribution < -0.4 is 4.74 Å². The Morgan fingerprint density at radius 3 is 2.78 bits per heavy atom. The zero-order valence-corrected chi connectivity index (χ0v) is 13.6. The van der Waals surface area contributed by atoms with Gasteiger partial charge < -0.3 is 9.47 Å². The smallest absolute Gasteiger partial charge is 0.120 e. The average Bonchev–Trinajstić information content (AvgIpc) is 3.10. The van der Waals surface area contributed by atoms with Crippen molar-refractivity contribution in [1.29, 1.82) is 5.26 Å². The minimum absolute atomic E-state index is 0.456. The van der Waals surface area contributed by atoms with Crippen molar-refractivity contribution in [2.45, 2.75) is 18.9 Å². The molecule has 2 aliphatic heterocycles. The van der Waals surface area contributed by atoms with E-state index in [1.54, 1.807) is 12.1 Å². The zero-order chi connectivity index (χ0) is 15.9. The summed E-state index contributed by atoms with van der Waals surface area (Å²) in [5.74, 6) is 0.779. The Hall–Kier alpha value is -1.61. The number of benzene rings is 1. The van der Waals surface area contributed by atoms with Crippen LogP contribution in [0.5, 0.6) is 5.75 Å². The molecule has 0 aliphatic carbocycles. The molecule has 2 heterocycles. The zero-order valence-electron chi connectivity index (χ0n) is 13.6. The predicted octanol–water partition coefficient (Wildman–Crippen LogP) is 1.73. The molecule has 124 valence electrons. The summed E-state index contributed by atoms with van der Waals surface area (Å²) in [6.45, 7) is 8.04. The van der Waals surface area contributed by atoms with Gasteiger partial charge in [0.15, 0.2) is 0 Å². The van der Waals surface area contributed by atoms with Crippen LogP contribution in [0.1, 0.15) is 18.4 Å². The number of rotatable bonds is 6. The van der Waals surface area contributed by atoms with Crippen molar-refractivity contribution in [2.24, 2.45) is 0 Å². The average molecular weight is 315 g/mol. The monoisotopic (exact) mass is 315 g/mol.